The molecule has 1 aromatic carbocycles. The van der Waals surface area contributed by atoms with Crippen molar-refractivity contribution in [2.45, 2.75) is 34.1 Å². The number of pyridine rings is 1. The Hall–Kier alpha value is -1.41. The third-order valence-electron chi connectivity index (χ3n) is 3.49. The molecule has 0 amide bonds. The summed E-state index contributed by atoms with van der Waals surface area (Å²) >= 11 is 0. The van der Waals surface area contributed by atoms with E-state index >= 15 is 0 Å². The van der Waals surface area contributed by atoms with Gasteiger partial charge in [0, 0.05) is 11.1 Å². The smallest absolute Gasteiger partial charge is 0.0737 e. The van der Waals surface area contributed by atoms with E-state index in [4.69, 9.17) is 5.73 Å². The van der Waals surface area contributed by atoms with Crippen molar-refractivity contribution in [2.24, 2.45) is 11.7 Å². The Balaban J connectivity index is 2.54. The molecular weight excluding hydrogens is 220 g/mol. The fourth-order valence-corrected chi connectivity index (χ4v) is 2.51. The van der Waals surface area contributed by atoms with Crippen LogP contribution < -0.4 is 5.73 Å². The highest BCUT2D eigenvalue weighted by Gasteiger charge is 2.08. The van der Waals surface area contributed by atoms with Crippen LogP contribution in [-0.4, -0.2) is 11.5 Å². The van der Waals surface area contributed by atoms with Crippen LogP contribution in [0.4, 0.5) is 0 Å². The number of fused-ring (bicyclic) bond motifs is 1. The molecule has 0 bridgehead atoms. The van der Waals surface area contributed by atoms with Crippen LogP contribution in [0.15, 0.2) is 18.2 Å². The van der Waals surface area contributed by atoms with Gasteiger partial charge in [-0.15, -0.1) is 0 Å². The largest absolute Gasteiger partial charge is 0.330 e. The molecule has 0 saturated carbocycles. The Labute approximate surface area is 109 Å². The van der Waals surface area contributed by atoms with E-state index in [2.05, 4.69) is 50.9 Å². The van der Waals surface area contributed by atoms with Gasteiger partial charge in [-0.2, -0.15) is 0 Å². The molecule has 18 heavy (non-hydrogen) atoms. The Morgan fingerprint density at radius 3 is 2.50 bits per heavy atom. The summed E-state index contributed by atoms with van der Waals surface area (Å²) in [7, 11) is 0. The quantitative estimate of drug-likeness (QED) is 0.897. The van der Waals surface area contributed by atoms with Crippen LogP contribution in [0.3, 0.4) is 0 Å². The van der Waals surface area contributed by atoms with Crippen LogP contribution >= 0.6 is 0 Å². The van der Waals surface area contributed by atoms with Crippen LogP contribution in [0.25, 0.3) is 10.9 Å². The molecule has 2 N–H and O–H groups in total. The molecular formula is C16H22N2. The molecule has 0 fully saturated rings. The summed E-state index contributed by atoms with van der Waals surface area (Å²) in [6.07, 6.45) is 1.04. The molecule has 96 valence electrons. The lowest BCUT2D eigenvalue weighted by atomic mass is 9.96. The highest BCUT2D eigenvalue weighted by Crippen LogP contribution is 2.24. The van der Waals surface area contributed by atoms with Crippen molar-refractivity contribution >= 4 is 10.9 Å². The number of aryl methyl sites for hydroxylation is 3. The summed E-state index contributed by atoms with van der Waals surface area (Å²) in [4.78, 5) is 4.65. The number of hydrogen-bond acceptors (Lipinski definition) is 2. The summed E-state index contributed by atoms with van der Waals surface area (Å²) < 4.78 is 0. The normalized spacial score (nSPS) is 12.9. The van der Waals surface area contributed by atoms with Gasteiger partial charge in [-0.3, -0.25) is 4.98 Å². The van der Waals surface area contributed by atoms with E-state index in [0.29, 0.717) is 5.92 Å². The van der Waals surface area contributed by atoms with Crippen LogP contribution in [0, 0.1) is 26.7 Å². The number of hydrogen-bond donors (Lipinski definition) is 1. The van der Waals surface area contributed by atoms with E-state index in [0.717, 1.165) is 24.2 Å². The molecule has 0 aliphatic rings. The molecule has 2 heteroatoms. The van der Waals surface area contributed by atoms with E-state index in [1.54, 1.807) is 0 Å². The molecule has 2 aromatic rings. The molecule has 1 atom stereocenters. The van der Waals surface area contributed by atoms with E-state index in [9.17, 15) is 0 Å². The summed E-state index contributed by atoms with van der Waals surface area (Å²) in [6.45, 7) is 9.29. The third-order valence-corrected chi connectivity index (χ3v) is 3.49. The fraction of sp³-hybridized carbons (Fsp3) is 0.438. The van der Waals surface area contributed by atoms with Gasteiger partial charge in [-0.05, 0) is 68.5 Å². The van der Waals surface area contributed by atoms with E-state index < -0.39 is 0 Å². The topological polar surface area (TPSA) is 38.9 Å². The van der Waals surface area contributed by atoms with Crippen molar-refractivity contribution in [3.05, 3.63) is 40.6 Å². The molecule has 2 rings (SSSR count). The summed E-state index contributed by atoms with van der Waals surface area (Å²) in [6, 6.07) is 6.68. The average molecular weight is 242 g/mol. The van der Waals surface area contributed by atoms with Gasteiger partial charge in [0.25, 0.3) is 0 Å². The van der Waals surface area contributed by atoms with Gasteiger partial charge >= 0.3 is 0 Å². The maximum atomic E-state index is 5.71. The fourth-order valence-electron chi connectivity index (χ4n) is 2.51. The van der Waals surface area contributed by atoms with Gasteiger partial charge in [-0.25, -0.2) is 0 Å². The van der Waals surface area contributed by atoms with Crippen molar-refractivity contribution in [1.29, 1.82) is 0 Å². The van der Waals surface area contributed by atoms with Crippen molar-refractivity contribution < 1.29 is 0 Å². The van der Waals surface area contributed by atoms with Crippen LogP contribution in [0.5, 0.6) is 0 Å². The minimum Gasteiger partial charge on any atom is -0.330 e. The summed E-state index contributed by atoms with van der Waals surface area (Å²) in [5.41, 5.74) is 11.9. The summed E-state index contributed by atoms with van der Waals surface area (Å²) in [5.74, 6) is 0.528. The highest BCUT2D eigenvalue weighted by molar-refractivity contribution is 5.85. The van der Waals surface area contributed by atoms with Crippen molar-refractivity contribution in [1.82, 2.24) is 4.98 Å². The number of nitrogens with two attached hydrogens (primary N) is 1. The zero-order valence-electron chi connectivity index (χ0n) is 11.7. The lowest BCUT2D eigenvalue weighted by Gasteiger charge is -2.12. The van der Waals surface area contributed by atoms with Gasteiger partial charge in [-0.1, -0.05) is 13.0 Å². The Bertz CT molecular complexity index is 573. The van der Waals surface area contributed by atoms with Gasteiger partial charge in [0.05, 0.1) is 5.52 Å². The van der Waals surface area contributed by atoms with Crippen LogP contribution in [0.2, 0.25) is 0 Å². The van der Waals surface area contributed by atoms with Gasteiger partial charge < -0.3 is 5.73 Å². The first-order chi connectivity index (χ1) is 8.51. The Morgan fingerprint density at radius 2 is 1.83 bits per heavy atom. The standard InChI is InChI=1S/C16H22N2/c1-10(9-17)5-14-7-12(3)16-15(8-14)11(2)6-13(4)18-16/h6-8,10H,5,9,17H2,1-4H3. The van der Waals surface area contributed by atoms with E-state index in [-0.39, 0.29) is 0 Å². The van der Waals surface area contributed by atoms with Crippen molar-refractivity contribution in [2.75, 3.05) is 6.54 Å². The first-order valence-corrected chi connectivity index (χ1v) is 6.58. The molecule has 1 aromatic heterocycles. The molecule has 0 spiro atoms. The SMILES string of the molecule is Cc1cc(C)c2cc(CC(C)CN)cc(C)c2n1. The van der Waals surface area contributed by atoms with Gasteiger partial charge in [0.15, 0.2) is 0 Å². The maximum Gasteiger partial charge on any atom is 0.0737 e. The molecule has 0 aliphatic carbocycles. The molecule has 2 nitrogen and oxygen atoms in total. The monoisotopic (exact) mass is 242 g/mol. The second-order valence-corrected chi connectivity index (χ2v) is 5.43. The second kappa shape index (κ2) is 5.07. The number of rotatable bonds is 3. The Morgan fingerprint density at radius 1 is 1.11 bits per heavy atom. The minimum absolute atomic E-state index is 0.528. The van der Waals surface area contributed by atoms with Crippen LogP contribution in [0.1, 0.15) is 29.3 Å². The predicted molar refractivity (Wildman–Crippen MR) is 77.9 cm³/mol. The molecule has 1 unspecified atom stereocenters. The lowest BCUT2D eigenvalue weighted by Crippen LogP contribution is -2.13. The summed E-state index contributed by atoms with van der Waals surface area (Å²) in [5, 5.41) is 1.28. The highest BCUT2D eigenvalue weighted by atomic mass is 14.7. The number of nitrogens with zero attached hydrogens (tertiary/aromatic N) is 1. The third kappa shape index (κ3) is 2.54. The van der Waals surface area contributed by atoms with Crippen LogP contribution in [-0.2, 0) is 6.42 Å². The van der Waals surface area contributed by atoms with E-state index in [1.807, 2.05) is 0 Å². The first kappa shape index (κ1) is 13.0. The molecule has 1 heterocycles. The lowest BCUT2D eigenvalue weighted by molar-refractivity contribution is 0.593. The zero-order valence-corrected chi connectivity index (χ0v) is 11.7. The van der Waals surface area contributed by atoms with Crippen molar-refractivity contribution in [3.63, 3.8) is 0 Å². The van der Waals surface area contributed by atoms with Gasteiger partial charge in [0.1, 0.15) is 0 Å². The first-order valence-electron chi connectivity index (χ1n) is 6.58. The molecule has 0 saturated heterocycles. The number of aromatic nitrogens is 1. The average Bonchev–Trinajstić information content (AvgIpc) is 2.30. The predicted octanol–water partition coefficient (Wildman–Crippen LogP) is 3.30. The Kier molecular flexibility index (Phi) is 3.67. The zero-order chi connectivity index (χ0) is 13.3. The van der Waals surface area contributed by atoms with Crippen molar-refractivity contribution in [3.8, 4) is 0 Å². The van der Waals surface area contributed by atoms with Gasteiger partial charge in [0.2, 0.25) is 0 Å². The maximum absolute atomic E-state index is 5.71. The molecule has 0 radical (unpaired) electrons. The van der Waals surface area contributed by atoms with E-state index in [1.165, 1.54) is 22.1 Å². The molecule has 0 aliphatic heterocycles. The second-order valence-electron chi connectivity index (χ2n) is 5.43. The minimum atomic E-state index is 0.528. The number of benzene rings is 1.